The quantitative estimate of drug-likeness (QED) is 0.205. The summed E-state index contributed by atoms with van der Waals surface area (Å²) in [6, 6.07) is 43.8. The van der Waals surface area contributed by atoms with Gasteiger partial charge in [0, 0.05) is 0 Å². The van der Waals surface area contributed by atoms with Gasteiger partial charge in [-0.1, -0.05) is 79.1 Å². The van der Waals surface area contributed by atoms with Gasteiger partial charge in [-0.05, 0) is 34.2 Å². The summed E-state index contributed by atoms with van der Waals surface area (Å²) in [6.07, 6.45) is 9.35. The third-order valence-corrected chi connectivity index (χ3v) is 13.8. The Morgan fingerprint density at radius 1 is 0.675 bits per heavy atom. The van der Waals surface area contributed by atoms with Crippen molar-refractivity contribution in [2.45, 2.75) is 25.2 Å². The number of hydrogen-bond acceptors (Lipinski definition) is 0. The van der Waals surface area contributed by atoms with Gasteiger partial charge >= 0.3 is 99.8 Å². The first-order valence-corrected chi connectivity index (χ1v) is 18.5. The summed E-state index contributed by atoms with van der Waals surface area (Å²) in [7, 11) is 0. The van der Waals surface area contributed by atoms with E-state index in [2.05, 4.69) is 146 Å². The summed E-state index contributed by atoms with van der Waals surface area (Å²) >= 11 is 1.64. The van der Waals surface area contributed by atoms with Crippen molar-refractivity contribution in [3.8, 4) is 0 Å². The third kappa shape index (κ3) is 6.07. The molecule has 7 rings (SSSR count). The van der Waals surface area contributed by atoms with Crippen molar-refractivity contribution in [2.75, 3.05) is 0 Å². The molecule has 0 nitrogen and oxygen atoms in total. The van der Waals surface area contributed by atoms with E-state index in [0.29, 0.717) is 11.8 Å². The fourth-order valence-electron chi connectivity index (χ4n) is 5.78. The summed E-state index contributed by atoms with van der Waals surface area (Å²) in [4.78, 5) is 0. The van der Waals surface area contributed by atoms with E-state index in [1.54, 1.807) is 23.3 Å². The SMILES string of the molecule is CCC1=Cc2c(ccc3ccccc23)C1C1[C-]=Cc2ccccc21.[Cl-].[Cl-].[Zr+2]=[Si](c1ccccc1)c1ccccc1. The van der Waals surface area contributed by atoms with Crippen molar-refractivity contribution in [3.63, 3.8) is 0 Å². The fourth-order valence-corrected chi connectivity index (χ4v) is 9.63. The normalized spacial score (nSPS) is 16.0. The predicted molar refractivity (Wildman–Crippen MR) is 160 cm³/mol. The monoisotopic (exact) mass is 649 g/mol. The molecule has 0 aromatic heterocycles. The van der Waals surface area contributed by atoms with E-state index in [1.807, 2.05) is 0 Å². The Morgan fingerprint density at radius 3 is 1.95 bits per heavy atom. The zero-order valence-electron chi connectivity index (χ0n) is 22.3. The van der Waals surface area contributed by atoms with Crippen LogP contribution >= 0.6 is 0 Å². The Bertz CT molecular complexity index is 1630. The van der Waals surface area contributed by atoms with Gasteiger partial charge in [0.15, 0.2) is 0 Å². The molecule has 40 heavy (non-hydrogen) atoms. The van der Waals surface area contributed by atoms with Crippen LogP contribution in [0.1, 0.15) is 47.4 Å². The standard InChI is InChI=1S/C24H19.C12H10Si.2ClH.Zr/c1-2-16-15-23-20-10-6-4-8-18(20)12-14-22(23)24(16)21-13-11-17-7-3-5-9-19(17)21;1-3-7-11(8-4-1)13-12-9-5-2-6-10-12;;;/h3-12,14-15,21,24H,2H2,1H3;1-10H;2*1H;/q-1;;;;+2/p-2. The molecule has 4 heteroatoms. The van der Waals surface area contributed by atoms with Crippen LogP contribution in [0.3, 0.4) is 0 Å². The molecular weight excluding hydrogens is 623 g/mol. The number of hydrogen-bond donors (Lipinski definition) is 0. The number of halogens is 2. The average Bonchev–Trinajstić information content (AvgIpc) is 3.59. The molecule has 0 bridgehead atoms. The van der Waals surface area contributed by atoms with E-state index < -0.39 is 5.43 Å². The molecule has 0 amide bonds. The van der Waals surface area contributed by atoms with E-state index in [-0.39, 0.29) is 24.8 Å². The molecule has 2 unspecified atom stereocenters. The van der Waals surface area contributed by atoms with Crippen LogP contribution in [0, 0.1) is 6.08 Å². The molecule has 0 aliphatic heterocycles. The molecule has 0 spiro atoms. The summed E-state index contributed by atoms with van der Waals surface area (Å²) in [6.45, 7) is 2.28. The Labute approximate surface area is 265 Å². The summed E-state index contributed by atoms with van der Waals surface area (Å²) in [5, 5.41) is 5.73. The molecule has 0 fully saturated rings. The second kappa shape index (κ2) is 13.9. The van der Waals surface area contributed by atoms with Crippen molar-refractivity contribution < 1.29 is 48.1 Å². The van der Waals surface area contributed by atoms with Crippen LogP contribution < -0.4 is 35.2 Å². The van der Waals surface area contributed by atoms with Crippen molar-refractivity contribution in [3.05, 3.63) is 155 Å². The van der Waals surface area contributed by atoms with Gasteiger partial charge in [-0.15, -0.1) is 11.6 Å². The molecule has 5 aromatic rings. The number of rotatable bonds is 4. The minimum absolute atomic E-state index is 0. The van der Waals surface area contributed by atoms with Crippen LogP contribution in [-0.2, 0) is 23.3 Å². The van der Waals surface area contributed by atoms with Gasteiger partial charge in [0.2, 0.25) is 0 Å². The fraction of sp³-hybridized carbons (Fsp3) is 0.111. The zero-order chi connectivity index (χ0) is 25.9. The van der Waals surface area contributed by atoms with Crippen LogP contribution in [0.2, 0.25) is 0 Å². The predicted octanol–water partition coefficient (Wildman–Crippen LogP) is 1.69. The van der Waals surface area contributed by atoms with Gasteiger partial charge in [-0.3, -0.25) is 6.08 Å². The Kier molecular flexibility index (Phi) is 10.6. The van der Waals surface area contributed by atoms with E-state index >= 15 is 0 Å². The molecule has 2 aliphatic carbocycles. The Morgan fingerprint density at radius 2 is 1.27 bits per heavy atom. The maximum atomic E-state index is 3.65. The number of benzene rings is 5. The number of fused-ring (bicyclic) bond motifs is 4. The maximum absolute atomic E-state index is 3.65. The van der Waals surface area contributed by atoms with Gasteiger partial charge in [0.1, 0.15) is 0 Å². The van der Waals surface area contributed by atoms with Gasteiger partial charge in [0.25, 0.3) is 0 Å². The van der Waals surface area contributed by atoms with Crippen LogP contribution in [0.25, 0.3) is 22.9 Å². The van der Waals surface area contributed by atoms with Crippen molar-refractivity contribution in [2.24, 2.45) is 0 Å². The van der Waals surface area contributed by atoms with Crippen LogP contribution in [0.4, 0.5) is 0 Å². The number of allylic oxidation sites excluding steroid dienone is 2. The second-order valence-corrected chi connectivity index (χ2v) is 15.5. The van der Waals surface area contributed by atoms with Crippen LogP contribution in [0.15, 0.2) is 127 Å². The molecule has 2 aliphatic rings. The van der Waals surface area contributed by atoms with Crippen LogP contribution in [-0.4, -0.2) is 5.43 Å². The first-order chi connectivity index (χ1) is 18.7. The van der Waals surface area contributed by atoms with Crippen molar-refractivity contribution >= 4 is 38.7 Å². The van der Waals surface area contributed by atoms with E-state index in [4.69, 9.17) is 0 Å². The van der Waals surface area contributed by atoms with Gasteiger partial charge in [-0.25, -0.2) is 6.08 Å². The molecule has 5 aromatic carbocycles. The molecule has 0 saturated heterocycles. The molecule has 0 heterocycles. The summed E-state index contributed by atoms with van der Waals surface area (Å²) in [5.74, 6) is 0.768. The minimum atomic E-state index is -0.455. The van der Waals surface area contributed by atoms with Gasteiger partial charge in [-0.2, -0.15) is 5.56 Å². The first-order valence-electron chi connectivity index (χ1n) is 13.3. The zero-order valence-corrected chi connectivity index (χ0v) is 27.3. The van der Waals surface area contributed by atoms with Gasteiger partial charge < -0.3 is 24.8 Å². The Hall–Kier alpha value is -2.48. The molecule has 0 radical (unpaired) electrons. The second-order valence-electron chi connectivity index (χ2n) is 9.86. The first kappa shape index (κ1) is 30.5. The average molecular weight is 652 g/mol. The topological polar surface area (TPSA) is 0 Å². The summed E-state index contributed by atoms with van der Waals surface area (Å²) in [5.41, 5.74) is 6.71. The molecule has 0 saturated carbocycles. The third-order valence-electron chi connectivity index (χ3n) is 7.68. The van der Waals surface area contributed by atoms with Gasteiger partial charge in [0.05, 0.1) is 0 Å². The molecular formula is C36H29Cl2SiZr-. The van der Waals surface area contributed by atoms with E-state index in [1.165, 1.54) is 49.0 Å². The molecule has 196 valence electrons. The molecule has 2 atom stereocenters. The van der Waals surface area contributed by atoms with Crippen molar-refractivity contribution in [1.82, 2.24) is 0 Å². The van der Waals surface area contributed by atoms with Crippen molar-refractivity contribution in [1.29, 1.82) is 0 Å². The summed E-state index contributed by atoms with van der Waals surface area (Å²) < 4.78 is 0. The van der Waals surface area contributed by atoms with Crippen LogP contribution in [0.5, 0.6) is 0 Å². The van der Waals surface area contributed by atoms with E-state index in [9.17, 15) is 0 Å². The molecule has 0 N–H and O–H groups in total. The Balaban J connectivity index is 0.000000200. The van der Waals surface area contributed by atoms with E-state index in [0.717, 1.165) is 6.42 Å².